The van der Waals surface area contributed by atoms with E-state index in [1.807, 2.05) is 66.7 Å². The van der Waals surface area contributed by atoms with Crippen molar-refractivity contribution in [1.82, 2.24) is 10.2 Å². The first-order valence-electron chi connectivity index (χ1n) is 14.9. The monoisotopic (exact) mass is 560 g/mol. The number of amides is 3. The van der Waals surface area contributed by atoms with Crippen molar-refractivity contribution in [3.05, 3.63) is 72.3 Å². The molecule has 0 aromatic heterocycles. The van der Waals surface area contributed by atoms with Gasteiger partial charge in [0.05, 0.1) is 24.5 Å². The normalized spacial score (nSPS) is 24.1. The van der Waals surface area contributed by atoms with Crippen LogP contribution in [0.4, 0.5) is 11.4 Å². The van der Waals surface area contributed by atoms with Crippen molar-refractivity contribution in [2.24, 2.45) is 23.7 Å². The zero-order chi connectivity index (χ0) is 29.5. The van der Waals surface area contributed by atoms with E-state index in [-0.39, 0.29) is 30.2 Å². The fraction of sp³-hybridized carbons (Fsp3) is 0.485. The number of aliphatic hydroxyl groups is 1. The van der Waals surface area contributed by atoms with Crippen LogP contribution in [0.2, 0.25) is 0 Å². The van der Waals surface area contributed by atoms with Crippen LogP contribution in [-0.4, -0.2) is 66.6 Å². The Balaban J connectivity index is 1.70. The maximum absolute atomic E-state index is 14.3. The van der Waals surface area contributed by atoms with Crippen molar-refractivity contribution in [2.45, 2.75) is 52.1 Å². The van der Waals surface area contributed by atoms with Crippen LogP contribution in [0.5, 0.6) is 0 Å². The van der Waals surface area contributed by atoms with Crippen LogP contribution in [0.25, 0.3) is 0 Å². The van der Waals surface area contributed by atoms with E-state index in [1.165, 1.54) is 0 Å². The summed E-state index contributed by atoms with van der Waals surface area (Å²) in [5.74, 6) is -2.59. The van der Waals surface area contributed by atoms with Crippen LogP contribution >= 0.6 is 0 Å². The summed E-state index contributed by atoms with van der Waals surface area (Å²) in [7, 11) is 1.59. The lowest BCUT2D eigenvalue weighted by molar-refractivity contribution is -0.142. The van der Waals surface area contributed by atoms with Gasteiger partial charge in [-0.2, -0.15) is 0 Å². The van der Waals surface area contributed by atoms with Gasteiger partial charge in [-0.1, -0.05) is 55.8 Å². The topological polar surface area (TPSA) is 102 Å². The molecule has 1 saturated heterocycles. The number of allylic oxidation sites excluding steroid dienone is 1. The van der Waals surface area contributed by atoms with Crippen molar-refractivity contribution >= 4 is 29.1 Å². The average molecular weight is 561 g/mol. The van der Waals surface area contributed by atoms with Gasteiger partial charge in [0.15, 0.2) is 0 Å². The van der Waals surface area contributed by atoms with E-state index in [9.17, 15) is 19.5 Å². The summed E-state index contributed by atoms with van der Waals surface area (Å²) in [5.41, 5.74) is 2.67. The van der Waals surface area contributed by atoms with E-state index in [1.54, 1.807) is 11.9 Å². The molecule has 1 heterocycles. The molecule has 0 saturated carbocycles. The summed E-state index contributed by atoms with van der Waals surface area (Å²) in [5, 5.41) is 16.4. The van der Waals surface area contributed by atoms with Gasteiger partial charge in [-0.15, -0.1) is 0 Å². The quantitative estimate of drug-likeness (QED) is 0.342. The molecule has 1 aliphatic heterocycles. The molecule has 0 bridgehead atoms. The lowest BCUT2D eigenvalue weighted by Gasteiger charge is -2.34. The van der Waals surface area contributed by atoms with Crippen LogP contribution < -0.4 is 15.5 Å². The molecule has 2 aromatic carbocycles. The molecule has 2 aromatic rings. The zero-order valence-electron chi connectivity index (χ0n) is 24.6. The predicted octanol–water partition coefficient (Wildman–Crippen LogP) is 3.87. The van der Waals surface area contributed by atoms with Gasteiger partial charge >= 0.3 is 0 Å². The lowest BCUT2D eigenvalue weighted by atomic mass is 9.68. The summed E-state index contributed by atoms with van der Waals surface area (Å²) in [6.45, 7) is 7.73. The Morgan fingerprint density at radius 1 is 0.976 bits per heavy atom. The number of carbonyl (C=O) groups excluding carboxylic acids is 3. The van der Waals surface area contributed by atoms with Crippen molar-refractivity contribution in [3.63, 3.8) is 0 Å². The Morgan fingerprint density at radius 2 is 1.66 bits per heavy atom. The van der Waals surface area contributed by atoms with Crippen LogP contribution in [0.15, 0.2) is 66.7 Å². The molecule has 6 atom stereocenters. The second kappa shape index (κ2) is 13.8. The number of anilines is 2. The minimum atomic E-state index is -0.859. The number of hydrogen-bond donors (Lipinski definition) is 3. The molecular weight excluding hydrogens is 516 g/mol. The third kappa shape index (κ3) is 6.32. The number of aliphatic hydroxyl groups excluding tert-OH is 1. The van der Waals surface area contributed by atoms with E-state index >= 15 is 0 Å². The zero-order valence-corrected chi connectivity index (χ0v) is 24.6. The Hall–Kier alpha value is -3.65. The van der Waals surface area contributed by atoms with Crippen molar-refractivity contribution < 1.29 is 19.5 Å². The molecular formula is C33H44N4O4. The summed E-state index contributed by atoms with van der Waals surface area (Å²) in [4.78, 5) is 45.3. The molecule has 3 amide bonds. The van der Waals surface area contributed by atoms with E-state index in [0.717, 1.165) is 37.2 Å². The van der Waals surface area contributed by atoms with Gasteiger partial charge in [-0.25, -0.2) is 0 Å². The highest BCUT2D eigenvalue weighted by Gasteiger charge is 2.58. The third-order valence-corrected chi connectivity index (χ3v) is 8.67. The number of benzene rings is 2. The summed E-state index contributed by atoms with van der Waals surface area (Å²) in [6, 6.07) is 15.9. The molecule has 1 aliphatic carbocycles. The number of nitrogens with one attached hydrogen (secondary N) is 2. The highest BCUT2D eigenvalue weighted by molar-refractivity contribution is 6.02. The minimum Gasteiger partial charge on any atom is -0.394 e. The van der Waals surface area contributed by atoms with E-state index in [0.29, 0.717) is 12.1 Å². The van der Waals surface area contributed by atoms with Crippen LogP contribution in [0.1, 0.15) is 39.2 Å². The number of fused-ring (bicyclic) bond motifs is 1. The van der Waals surface area contributed by atoms with E-state index in [2.05, 4.69) is 36.3 Å². The minimum absolute atomic E-state index is 0.0943. The number of nitrogens with zero attached hydrogens (tertiary/aromatic N) is 2. The number of likely N-dealkylation sites (tertiary alicyclic amines) is 1. The fourth-order valence-corrected chi connectivity index (χ4v) is 6.67. The molecule has 4 rings (SSSR count). The van der Waals surface area contributed by atoms with Gasteiger partial charge in [0, 0.05) is 37.4 Å². The standard InChI is InChI=1S/C33H44N4O4/c1-5-11-23-14-19-27-29(28(23)31(39)34-4)33(41)37(26(21-38)20-22-12-9-8-10-13-22)30(27)32(40)35-24-15-17-25(18-16-24)36(6-2)7-3/h8-10,12-19,23,26-30,38H,5-7,11,20-21H2,1-4H3,(H,34,39)(H,35,40)/t23-,26-,27+,28-,29+,30+/m1/s1. The first kappa shape index (κ1) is 30.3. The number of hydrogen-bond acceptors (Lipinski definition) is 5. The largest absolute Gasteiger partial charge is 0.394 e. The molecule has 3 N–H and O–H groups in total. The summed E-state index contributed by atoms with van der Waals surface area (Å²) >= 11 is 0. The molecule has 41 heavy (non-hydrogen) atoms. The number of carbonyl (C=O) groups is 3. The van der Waals surface area contributed by atoms with Crippen LogP contribution in [-0.2, 0) is 20.8 Å². The summed E-state index contributed by atoms with van der Waals surface area (Å²) in [6.07, 6.45) is 6.03. The van der Waals surface area contributed by atoms with E-state index in [4.69, 9.17) is 0 Å². The van der Waals surface area contributed by atoms with Crippen LogP contribution in [0.3, 0.4) is 0 Å². The van der Waals surface area contributed by atoms with Gasteiger partial charge in [0.1, 0.15) is 6.04 Å². The summed E-state index contributed by atoms with van der Waals surface area (Å²) < 4.78 is 0. The Morgan fingerprint density at radius 3 is 2.24 bits per heavy atom. The lowest BCUT2D eigenvalue weighted by Crippen LogP contribution is -2.51. The molecule has 0 radical (unpaired) electrons. The molecule has 0 spiro atoms. The van der Waals surface area contributed by atoms with Crippen LogP contribution in [0, 0.1) is 23.7 Å². The fourth-order valence-electron chi connectivity index (χ4n) is 6.67. The van der Waals surface area contributed by atoms with E-state index < -0.39 is 29.8 Å². The van der Waals surface area contributed by atoms with Gasteiger partial charge in [-0.05, 0) is 62.4 Å². The maximum atomic E-state index is 14.3. The highest BCUT2D eigenvalue weighted by Crippen LogP contribution is 2.46. The first-order valence-corrected chi connectivity index (χ1v) is 14.9. The maximum Gasteiger partial charge on any atom is 0.247 e. The Kier molecular flexibility index (Phi) is 10.2. The second-order valence-corrected chi connectivity index (χ2v) is 11.0. The van der Waals surface area contributed by atoms with Gasteiger partial charge in [-0.3, -0.25) is 14.4 Å². The Labute approximate surface area is 243 Å². The van der Waals surface area contributed by atoms with Gasteiger partial charge in [0.2, 0.25) is 17.7 Å². The van der Waals surface area contributed by atoms with Crippen molar-refractivity contribution in [1.29, 1.82) is 0 Å². The van der Waals surface area contributed by atoms with Gasteiger partial charge < -0.3 is 25.5 Å². The predicted molar refractivity (Wildman–Crippen MR) is 162 cm³/mol. The Bertz CT molecular complexity index is 1210. The second-order valence-electron chi connectivity index (χ2n) is 11.0. The third-order valence-electron chi connectivity index (χ3n) is 8.67. The molecule has 8 nitrogen and oxygen atoms in total. The average Bonchev–Trinajstić information content (AvgIpc) is 3.29. The van der Waals surface area contributed by atoms with Crippen molar-refractivity contribution in [2.75, 3.05) is 37.0 Å². The SMILES string of the molecule is CCC[C@@H]1C=C[C@H]2[C@H](C(=O)N([C@@H](CO)Cc3ccccc3)[C@@H]2C(=O)Nc2ccc(N(CC)CC)cc2)[C@@H]1C(=O)NC. The highest BCUT2D eigenvalue weighted by atomic mass is 16.3. The molecule has 8 heteroatoms. The number of rotatable bonds is 12. The first-order chi connectivity index (χ1) is 19.9. The van der Waals surface area contributed by atoms with Crippen molar-refractivity contribution in [3.8, 4) is 0 Å². The molecule has 0 unspecified atom stereocenters. The molecule has 1 fully saturated rings. The molecule has 2 aliphatic rings. The van der Waals surface area contributed by atoms with Gasteiger partial charge in [0.25, 0.3) is 0 Å². The smallest absolute Gasteiger partial charge is 0.247 e. The molecule has 220 valence electrons.